The summed E-state index contributed by atoms with van der Waals surface area (Å²) in [5, 5.41) is 0. The number of sulfonamides is 1. The van der Waals surface area contributed by atoms with Crippen LogP contribution in [0.25, 0.3) is 0 Å². The van der Waals surface area contributed by atoms with E-state index >= 15 is 0 Å². The molecular formula is C16H25N3O3S. The molecule has 1 fully saturated rings. The van der Waals surface area contributed by atoms with Gasteiger partial charge in [0.25, 0.3) is 0 Å². The number of likely N-dealkylation sites (tertiary alicyclic amines) is 1. The Kier molecular flexibility index (Phi) is 6.01. The van der Waals surface area contributed by atoms with Crippen molar-refractivity contribution in [2.45, 2.75) is 38.1 Å². The molecule has 0 saturated carbocycles. The third kappa shape index (κ3) is 5.84. The number of rotatable bonds is 6. The largest absolute Gasteiger partial charge is 0.399 e. The van der Waals surface area contributed by atoms with E-state index in [1.807, 2.05) is 17.0 Å². The zero-order chi connectivity index (χ0) is 16.9. The van der Waals surface area contributed by atoms with E-state index in [1.165, 1.54) is 0 Å². The number of benzene rings is 1. The number of carbonyl (C=O) groups is 1. The molecule has 0 aromatic heterocycles. The number of piperidine rings is 1. The highest BCUT2D eigenvalue weighted by molar-refractivity contribution is 7.88. The smallest absolute Gasteiger partial charge is 0.227 e. The number of hydrogen-bond acceptors (Lipinski definition) is 4. The first kappa shape index (κ1) is 17.7. The SMILES string of the molecule is CS(=O)(=O)NCCC1CCCCN1C(=O)Cc1ccc(N)cc1. The van der Waals surface area contributed by atoms with Crippen LogP contribution >= 0.6 is 0 Å². The maximum absolute atomic E-state index is 12.6. The average molecular weight is 339 g/mol. The molecule has 1 amide bonds. The number of nitrogens with zero attached hydrogens (tertiary/aromatic N) is 1. The van der Waals surface area contributed by atoms with Crippen molar-refractivity contribution in [3.05, 3.63) is 29.8 Å². The molecule has 6 nitrogen and oxygen atoms in total. The van der Waals surface area contributed by atoms with Gasteiger partial charge in [0.1, 0.15) is 0 Å². The molecule has 7 heteroatoms. The molecule has 0 radical (unpaired) electrons. The van der Waals surface area contributed by atoms with Crippen molar-refractivity contribution in [2.75, 3.05) is 25.1 Å². The van der Waals surface area contributed by atoms with E-state index < -0.39 is 10.0 Å². The molecule has 1 aliphatic heterocycles. The molecule has 1 aromatic carbocycles. The molecule has 1 aliphatic rings. The van der Waals surface area contributed by atoms with Gasteiger partial charge in [-0.25, -0.2) is 13.1 Å². The number of nitrogens with two attached hydrogens (primary N) is 1. The van der Waals surface area contributed by atoms with E-state index in [2.05, 4.69) is 4.72 Å². The van der Waals surface area contributed by atoms with E-state index in [9.17, 15) is 13.2 Å². The number of nitrogen functional groups attached to an aromatic ring is 1. The molecule has 2 rings (SSSR count). The summed E-state index contributed by atoms with van der Waals surface area (Å²) >= 11 is 0. The van der Waals surface area contributed by atoms with E-state index in [0.29, 0.717) is 25.1 Å². The fraction of sp³-hybridized carbons (Fsp3) is 0.562. The molecule has 3 N–H and O–H groups in total. The first-order chi connectivity index (χ1) is 10.8. The van der Waals surface area contributed by atoms with Gasteiger partial charge in [-0.1, -0.05) is 12.1 Å². The average Bonchev–Trinajstić information content (AvgIpc) is 2.49. The van der Waals surface area contributed by atoms with Crippen LogP contribution in [-0.4, -0.2) is 44.6 Å². The van der Waals surface area contributed by atoms with Gasteiger partial charge >= 0.3 is 0 Å². The Balaban J connectivity index is 1.93. The molecule has 1 heterocycles. The van der Waals surface area contributed by atoms with E-state index in [0.717, 1.165) is 37.6 Å². The van der Waals surface area contributed by atoms with Gasteiger partial charge in [-0.3, -0.25) is 4.79 Å². The lowest BCUT2D eigenvalue weighted by molar-refractivity contribution is -0.134. The summed E-state index contributed by atoms with van der Waals surface area (Å²) in [6.07, 6.45) is 5.17. The lowest BCUT2D eigenvalue weighted by Gasteiger charge is -2.36. The van der Waals surface area contributed by atoms with Gasteiger partial charge < -0.3 is 10.6 Å². The van der Waals surface area contributed by atoms with Crippen molar-refractivity contribution in [3.8, 4) is 0 Å². The molecule has 0 bridgehead atoms. The second-order valence-corrected chi connectivity index (χ2v) is 7.94. The maximum Gasteiger partial charge on any atom is 0.227 e. The highest BCUT2D eigenvalue weighted by Crippen LogP contribution is 2.21. The number of carbonyl (C=O) groups excluding carboxylic acids is 1. The van der Waals surface area contributed by atoms with E-state index in [4.69, 9.17) is 5.73 Å². The number of hydrogen-bond donors (Lipinski definition) is 2. The highest BCUT2D eigenvalue weighted by Gasteiger charge is 2.26. The molecule has 1 saturated heterocycles. The van der Waals surface area contributed by atoms with Crippen LogP contribution in [0.1, 0.15) is 31.2 Å². The van der Waals surface area contributed by atoms with Gasteiger partial charge in [0.15, 0.2) is 0 Å². The molecule has 0 spiro atoms. The van der Waals surface area contributed by atoms with Crippen LogP contribution in [0.3, 0.4) is 0 Å². The van der Waals surface area contributed by atoms with Gasteiger partial charge in [0.2, 0.25) is 15.9 Å². The normalized spacial score (nSPS) is 18.8. The number of nitrogens with one attached hydrogen (secondary N) is 1. The Bertz CT molecular complexity index is 628. The van der Waals surface area contributed by atoms with Gasteiger partial charge in [-0.15, -0.1) is 0 Å². The zero-order valence-electron chi connectivity index (χ0n) is 13.5. The van der Waals surface area contributed by atoms with Crippen LogP contribution in [0.15, 0.2) is 24.3 Å². The minimum atomic E-state index is -3.18. The minimum absolute atomic E-state index is 0.0961. The van der Waals surface area contributed by atoms with E-state index in [1.54, 1.807) is 12.1 Å². The first-order valence-electron chi connectivity index (χ1n) is 7.94. The van der Waals surface area contributed by atoms with E-state index in [-0.39, 0.29) is 11.9 Å². The number of amides is 1. The van der Waals surface area contributed by atoms with Crippen LogP contribution < -0.4 is 10.5 Å². The lowest BCUT2D eigenvalue weighted by Crippen LogP contribution is -2.45. The Hall–Kier alpha value is -1.60. The van der Waals surface area contributed by atoms with Crippen LogP contribution in [0.2, 0.25) is 0 Å². The number of anilines is 1. The van der Waals surface area contributed by atoms with Crippen molar-refractivity contribution in [1.82, 2.24) is 9.62 Å². The quantitative estimate of drug-likeness (QED) is 0.760. The first-order valence-corrected chi connectivity index (χ1v) is 9.83. The van der Waals surface area contributed by atoms with Crippen molar-refractivity contribution in [2.24, 2.45) is 0 Å². The molecule has 128 valence electrons. The molecule has 23 heavy (non-hydrogen) atoms. The van der Waals surface area contributed by atoms with Crippen LogP contribution in [0.5, 0.6) is 0 Å². The monoisotopic (exact) mass is 339 g/mol. The third-order valence-electron chi connectivity index (χ3n) is 4.12. The van der Waals surface area contributed by atoms with Crippen LogP contribution in [0, 0.1) is 0 Å². The Morgan fingerprint density at radius 1 is 1.30 bits per heavy atom. The molecular weight excluding hydrogens is 314 g/mol. The second kappa shape index (κ2) is 7.79. The van der Waals surface area contributed by atoms with Crippen LogP contribution in [0.4, 0.5) is 5.69 Å². The van der Waals surface area contributed by atoms with Gasteiger partial charge in [-0.2, -0.15) is 0 Å². The van der Waals surface area contributed by atoms with Crippen LogP contribution in [-0.2, 0) is 21.2 Å². The molecule has 1 atom stereocenters. The third-order valence-corrected chi connectivity index (χ3v) is 4.85. The minimum Gasteiger partial charge on any atom is -0.399 e. The Labute approximate surface area is 138 Å². The summed E-state index contributed by atoms with van der Waals surface area (Å²) in [5.41, 5.74) is 7.29. The lowest BCUT2D eigenvalue weighted by atomic mass is 9.98. The summed E-state index contributed by atoms with van der Waals surface area (Å²) in [4.78, 5) is 14.5. The highest BCUT2D eigenvalue weighted by atomic mass is 32.2. The molecule has 1 aromatic rings. The van der Waals surface area contributed by atoms with Crippen molar-refractivity contribution in [3.63, 3.8) is 0 Å². The summed E-state index contributed by atoms with van der Waals surface area (Å²) in [6.45, 7) is 1.12. The molecule has 0 aliphatic carbocycles. The van der Waals surface area contributed by atoms with Gasteiger partial charge in [-0.05, 0) is 43.4 Å². The summed E-state index contributed by atoms with van der Waals surface area (Å²) in [7, 11) is -3.18. The van der Waals surface area contributed by atoms with Crippen molar-refractivity contribution < 1.29 is 13.2 Å². The van der Waals surface area contributed by atoms with Gasteiger partial charge in [0, 0.05) is 24.8 Å². The predicted octanol–water partition coefficient (Wildman–Crippen LogP) is 1.13. The topological polar surface area (TPSA) is 92.5 Å². The van der Waals surface area contributed by atoms with Crippen molar-refractivity contribution >= 4 is 21.6 Å². The molecule has 1 unspecified atom stereocenters. The Morgan fingerprint density at radius 3 is 2.65 bits per heavy atom. The summed E-state index contributed by atoms with van der Waals surface area (Å²) in [5.74, 6) is 0.0961. The fourth-order valence-electron chi connectivity index (χ4n) is 2.95. The summed E-state index contributed by atoms with van der Waals surface area (Å²) < 4.78 is 24.8. The standard InChI is InChI=1S/C16H25N3O3S/c1-23(21,22)18-10-9-15-4-2-3-11-19(15)16(20)12-13-5-7-14(17)8-6-13/h5-8,15,18H,2-4,9-12,17H2,1H3. The predicted molar refractivity (Wildman–Crippen MR) is 91.4 cm³/mol. The fourth-order valence-corrected chi connectivity index (χ4v) is 3.44. The second-order valence-electron chi connectivity index (χ2n) is 6.11. The Morgan fingerprint density at radius 2 is 2.00 bits per heavy atom. The zero-order valence-corrected chi connectivity index (χ0v) is 14.3. The maximum atomic E-state index is 12.6. The van der Waals surface area contributed by atoms with Crippen molar-refractivity contribution in [1.29, 1.82) is 0 Å². The van der Waals surface area contributed by atoms with Gasteiger partial charge in [0.05, 0.1) is 12.7 Å². The summed E-state index contributed by atoms with van der Waals surface area (Å²) in [6, 6.07) is 7.45.